The molecule has 3 aromatic rings. The second-order valence-electron chi connectivity index (χ2n) is 7.34. The Morgan fingerprint density at radius 3 is 2.70 bits per heavy atom. The molecule has 2 N–H and O–H groups in total. The van der Waals surface area contributed by atoms with Gasteiger partial charge < -0.3 is 15.5 Å². The number of anilines is 2. The summed E-state index contributed by atoms with van der Waals surface area (Å²) in [4.78, 5) is 27.8. The molecule has 0 radical (unpaired) electrons. The van der Waals surface area contributed by atoms with E-state index in [2.05, 4.69) is 37.5 Å². The number of rotatable bonds is 5. The zero-order valence-electron chi connectivity index (χ0n) is 16.7. The number of aromatic nitrogens is 3. The lowest BCUT2D eigenvalue weighted by atomic mass is 10.0. The summed E-state index contributed by atoms with van der Waals surface area (Å²) in [5.74, 6) is -0.349. The highest BCUT2D eigenvalue weighted by atomic mass is 19.1. The number of hydrogen-bond donors (Lipinski definition) is 2. The van der Waals surface area contributed by atoms with Crippen LogP contribution >= 0.6 is 0 Å². The van der Waals surface area contributed by atoms with E-state index in [4.69, 9.17) is 0 Å². The van der Waals surface area contributed by atoms with Crippen LogP contribution < -0.4 is 10.6 Å². The van der Waals surface area contributed by atoms with E-state index in [1.165, 1.54) is 12.3 Å². The van der Waals surface area contributed by atoms with E-state index in [1.807, 2.05) is 0 Å². The summed E-state index contributed by atoms with van der Waals surface area (Å²) >= 11 is 0. The van der Waals surface area contributed by atoms with Crippen LogP contribution in [0.15, 0.2) is 55.0 Å². The van der Waals surface area contributed by atoms with Gasteiger partial charge in [-0.3, -0.25) is 9.78 Å². The van der Waals surface area contributed by atoms with Crippen LogP contribution in [-0.2, 0) is 0 Å². The first-order valence-corrected chi connectivity index (χ1v) is 9.88. The summed E-state index contributed by atoms with van der Waals surface area (Å²) in [5.41, 5.74) is 1.58. The number of halogens is 1. The third kappa shape index (κ3) is 4.60. The van der Waals surface area contributed by atoms with Crippen molar-refractivity contribution in [1.82, 2.24) is 19.9 Å². The minimum absolute atomic E-state index is 0.226. The zero-order chi connectivity index (χ0) is 20.9. The Morgan fingerprint density at radius 2 is 1.90 bits per heavy atom. The van der Waals surface area contributed by atoms with Crippen LogP contribution in [0.4, 0.5) is 16.0 Å². The molecule has 4 rings (SSSR count). The Labute approximate surface area is 174 Å². The fourth-order valence-corrected chi connectivity index (χ4v) is 3.49. The van der Waals surface area contributed by atoms with Gasteiger partial charge in [0.05, 0.1) is 11.9 Å². The first kappa shape index (κ1) is 19.9. The van der Waals surface area contributed by atoms with Gasteiger partial charge in [0, 0.05) is 29.6 Å². The van der Waals surface area contributed by atoms with E-state index < -0.39 is 5.91 Å². The lowest BCUT2D eigenvalue weighted by molar-refractivity contribution is 0.102. The molecule has 7 nitrogen and oxygen atoms in total. The number of carbonyl (C=O) groups is 1. The average molecular weight is 406 g/mol. The molecule has 8 heteroatoms. The van der Waals surface area contributed by atoms with Gasteiger partial charge in [0.15, 0.2) is 0 Å². The number of likely N-dealkylation sites (tertiary alicyclic amines) is 1. The van der Waals surface area contributed by atoms with Crippen LogP contribution in [-0.4, -0.2) is 51.9 Å². The first-order valence-electron chi connectivity index (χ1n) is 9.88. The van der Waals surface area contributed by atoms with E-state index in [0.717, 1.165) is 25.9 Å². The molecule has 1 fully saturated rings. The molecule has 154 valence electrons. The van der Waals surface area contributed by atoms with Gasteiger partial charge in [0.25, 0.3) is 5.91 Å². The monoisotopic (exact) mass is 406 g/mol. The van der Waals surface area contributed by atoms with Crippen molar-refractivity contribution >= 4 is 17.5 Å². The molecule has 0 spiro atoms. The Bertz CT molecular complexity index is 1040. The van der Waals surface area contributed by atoms with Crippen LogP contribution in [0.5, 0.6) is 0 Å². The third-order valence-electron chi connectivity index (χ3n) is 5.17. The Morgan fingerprint density at radius 1 is 1.10 bits per heavy atom. The summed E-state index contributed by atoms with van der Waals surface area (Å²) in [6, 6.07) is 9.91. The third-order valence-corrected chi connectivity index (χ3v) is 5.17. The average Bonchev–Trinajstić information content (AvgIpc) is 2.76. The topological polar surface area (TPSA) is 83.0 Å². The van der Waals surface area contributed by atoms with Gasteiger partial charge in [0.1, 0.15) is 11.5 Å². The van der Waals surface area contributed by atoms with E-state index in [0.29, 0.717) is 22.8 Å². The van der Waals surface area contributed by atoms with Crippen molar-refractivity contribution in [3.63, 3.8) is 0 Å². The van der Waals surface area contributed by atoms with Crippen LogP contribution in [0.2, 0.25) is 0 Å². The number of pyridine rings is 1. The molecular weight excluding hydrogens is 383 g/mol. The SMILES string of the molecule is CN1CCC(Nc2nccc(C(=O)Nc3cnccc3-c3ccccc3F)n2)CC1. The van der Waals surface area contributed by atoms with Crippen LogP contribution in [0.25, 0.3) is 11.1 Å². The number of piperidine rings is 1. The van der Waals surface area contributed by atoms with Crippen molar-refractivity contribution in [1.29, 1.82) is 0 Å². The second kappa shape index (κ2) is 8.96. The zero-order valence-corrected chi connectivity index (χ0v) is 16.7. The number of amides is 1. The van der Waals surface area contributed by atoms with E-state index in [1.54, 1.807) is 42.7 Å². The molecule has 0 atom stereocenters. The molecule has 1 amide bonds. The molecule has 0 bridgehead atoms. The quantitative estimate of drug-likeness (QED) is 0.675. The van der Waals surface area contributed by atoms with Gasteiger partial charge in [-0.15, -0.1) is 0 Å². The number of benzene rings is 1. The molecule has 0 unspecified atom stereocenters. The van der Waals surface area contributed by atoms with E-state index >= 15 is 0 Å². The van der Waals surface area contributed by atoms with Crippen molar-refractivity contribution in [2.45, 2.75) is 18.9 Å². The smallest absolute Gasteiger partial charge is 0.274 e. The molecule has 3 heterocycles. The molecule has 0 saturated carbocycles. The highest BCUT2D eigenvalue weighted by Crippen LogP contribution is 2.29. The fourth-order valence-electron chi connectivity index (χ4n) is 3.49. The maximum atomic E-state index is 14.3. The van der Waals surface area contributed by atoms with E-state index in [9.17, 15) is 9.18 Å². The summed E-state index contributed by atoms with van der Waals surface area (Å²) in [5, 5.41) is 6.11. The number of nitrogens with one attached hydrogen (secondary N) is 2. The molecular formula is C22H23FN6O. The maximum absolute atomic E-state index is 14.3. The van der Waals surface area contributed by atoms with Gasteiger partial charge in [-0.25, -0.2) is 14.4 Å². The van der Waals surface area contributed by atoms with Gasteiger partial charge in [-0.05, 0) is 51.2 Å². The molecule has 1 aliphatic heterocycles. The summed E-state index contributed by atoms with van der Waals surface area (Å²) in [7, 11) is 2.10. The van der Waals surface area contributed by atoms with Crippen molar-refractivity contribution < 1.29 is 9.18 Å². The second-order valence-corrected chi connectivity index (χ2v) is 7.34. The molecule has 0 aliphatic carbocycles. The highest BCUT2D eigenvalue weighted by molar-refractivity contribution is 6.05. The maximum Gasteiger partial charge on any atom is 0.274 e. The van der Waals surface area contributed by atoms with Crippen LogP contribution in [0.3, 0.4) is 0 Å². The molecule has 1 aliphatic rings. The van der Waals surface area contributed by atoms with Crippen molar-refractivity contribution in [2.75, 3.05) is 30.8 Å². The van der Waals surface area contributed by atoms with Crippen molar-refractivity contribution in [2.24, 2.45) is 0 Å². The normalized spacial score (nSPS) is 15.0. The first-order chi connectivity index (χ1) is 14.6. The summed E-state index contributed by atoms with van der Waals surface area (Å²) in [6.07, 6.45) is 6.61. The van der Waals surface area contributed by atoms with Crippen LogP contribution in [0, 0.1) is 5.82 Å². The minimum atomic E-state index is -0.408. The van der Waals surface area contributed by atoms with Gasteiger partial charge in [0.2, 0.25) is 5.95 Å². The van der Waals surface area contributed by atoms with Gasteiger partial charge >= 0.3 is 0 Å². The number of hydrogen-bond acceptors (Lipinski definition) is 6. The lowest BCUT2D eigenvalue weighted by Crippen LogP contribution is -2.37. The predicted octanol–water partition coefficient (Wildman–Crippen LogP) is 3.44. The number of nitrogens with zero attached hydrogens (tertiary/aromatic N) is 4. The van der Waals surface area contributed by atoms with Crippen molar-refractivity contribution in [3.8, 4) is 11.1 Å². The molecule has 30 heavy (non-hydrogen) atoms. The number of carbonyl (C=O) groups excluding carboxylic acids is 1. The molecule has 1 aromatic carbocycles. The lowest BCUT2D eigenvalue weighted by Gasteiger charge is -2.29. The minimum Gasteiger partial charge on any atom is -0.351 e. The Hall–Kier alpha value is -3.39. The molecule has 1 saturated heterocycles. The standard InChI is InChI=1S/C22H23FN6O/c1-29-12-8-15(9-13-29)26-22-25-11-7-19(28-22)21(30)27-20-14-24-10-6-17(20)16-4-2-3-5-18(16)23/h2-7,10-11,14-15H,8-9,12-13H2,1H3,(H,27,30)(H,25,26,28). The van der Waals surface area contributed by atoms with Crippen molar-refractivity contribution in [3.05, 3.63) is 66.5 Å². The molecule has 2 aromatic heterocycles. The van der Waals surface area contributed by atoms with Gasteiger partial charge in [-0.2, -0.15) is 0 Å². The van der Waals surface area contributed by atoms with Crippen LogP contribution in [0.1, 0.15) is 23.3 Å². The Kier molecular flexibility index (Phi) is 5.94. The fraction of sp³-hybridized carbons (Fsp3) is 0.273. The summed E-state index contributed by atoms with van der Waals surface area (Å²) in [6.45, 7) is 2.02. The van der Waals surface area contributed by atoms with Gasteiger partial charge in [-0.1, -0.05) is 18.2 Å². The largest absolute Gasteiger partial charge is 0.351 e. The van der Waals surface area contributed by atoms with E-state index in [-0.39, 0.29) is 17.6 Å². The summed E-state index contributed by atoms with van der Waals surface area (Å²) < 4.78 is 14.3. The highest BCUT2D eigenvalue weighted by Gasteiger charge is 2.18. The Balaban J connectivity index is 1.51. The predicted molar refractivity (Wildman–Crippen MR) is 114 cm³/mol.